The number of hydrogen-bond acceptors (Lipinski definition) is 5. The fourth-order valence-electron chi connectivity index (χ4n) is 1.45. The van der Waals surface area contributed by atoms with E-state index in [9.17, 15) is 9.59 Å². The number of anilines is 1. The van der Waals surface area contributed by atoms with Gasteiger partial charge < -0.3 is 14.8 Å². The smallest absolute Gasteiger partial charge is 0.358 e. The molecule has 0 saturated carbocycles. The molecule has 1 rings (SSSR count). The van der Waals surface area contributed by atoms with Crippen molar-refractivity contribution in [2.45, 2.75) is 6.92 Å². The van der Waals surface area contributed by atoms with Crippen molar-refractivity contribution >= 4 is 17.6 Å². The fraction of sp³-hybridized carbons (Fsp3) is 0.500. The van der Waals surface area contributed by atoms with Gasteiger partial charge in [-0.05, 0) is 6.92 Å². The van der Waals surface area contributed by atoms with Gasteiger partial charge in [-0.25, -0.2) is 4.79 Å². The first-order chi connectivity index (χ1) is 8.01. The molecule has 0 aliphatic heterocycles. The van der Waals surface area contributed by atoms with E-state index in [-0.39, 0.29) is 18.2 Å². The molecule has 94 valence electrons. The van der Waals surface area contributed by atoms with Crippen LogP contribution in [0.15, 0.2) is 0 Å². The molecule has 17 heavy (non-hydrogen) atoms. The number of aromatic nitrogens is 2. The highest BCUT2D eigenvalue weighted by Crippen LogP contribution is 2.20. The zero-order valence-corrected chi connectivity index (χ0v) is 10.2. The molecule has 1 heterocycles. The van der Waals surface area contributed by atoms with Gasteiger partial charge in [-0.15, -0.1) is 0 Å². The molecule has 7 nitrogen and oxygen atoms in total. The Morgan fingerprint density at radius 3 is 2.59 bits per heavy atom. The van der Waals surface area contributed by atoms with Crippen molar-refractivity contribution in [1.82, 2.24) is 9.78 Å². The highest BCUT2D eigenvalue weighted by Gasteiger charge is 2.22. The third-order valence-electron chi connectivity index (χ3n) is 2.14. The molecular weight excluding hydrogens is 226 g/mol. The van der Waals surface area contributed by atoms with E-state index in [0.717, 1.165) is 0 Å². The topological polar surface area (TPSA) is 82.5 Å². The lowest BCUT2D eigenvalue weighted by Crippen LogP contribution is -2.20. The molecule has 0 aromatic carbocycles. The van der Waals surface area contributed by atoms with Gasteiger partial charge in [0.1, 0.15) is 6.61 Å². The Morgan fingerprint density at radius 1 is 1.41 bits per heavy atom. The first-order valence-corrected chi connectivity index (χ1v) is 4.92. The predicted octanol–water partition coefficient (Wildman–Crippen LogP) is 0.100. The number of nitrogens with one attached hydrogen (secondary N) is 1. The van der Waals surface area contributed by atoms with Gasteiger partial charge in [0.05, 0.1) is 18.5 Å². The van der Waals surface area contributed by atoms with Crippen LogP contribution in [-0.4, -0.2) is 42.5 Å². The molecule has 0 radical (unpaired) electrons. The van der Waals surface area contributed by atoms with Crippen LogP contribution in [0, 0.1) is 6.92 Å². The number of carbonyl (C=O) groups excluding carboxylic acids is 2. The third-order valence-corrected chi connectivity index (χ3v) is 2.14. The maximum absolute atomic E-state index is 11.5. The van der Waals surface area contributed by atoms with Crippen molar-refractivity contribution in [3.63, 3.8) is 0 Å². The third kappa shape index (κ3) is 2.82. The molecule has 0 aliphatic carbocycles. The van der Waals surface area contributed by atoms with E-state index in [1.807, 2.05) is 0 Å². The van der Waals surface area contributed by atoms with E-state index in [2.05, 4.69) is 15.2 Å². The maximum atomic E-state index is 11.5. The van der Waals surface area contributed by atoms with E-state index in [1.54, 1.807) is 14.0 Å². The van der Waals surface area contributed by atoms with E-state index < -0.39 is 5.97 Å². The minimum Gasteiger partial charge on any atom is -0.464 e. The van der Waals surface area contributed by atoms with E-state index in [0.29, 0.717) is 11.4 Å². The Labute approximate surface area is 98.7 Å². The zero-order chi connectivity index (χ0) is 13.0. The first-order valence-electron chi connectivity index (χ1n) is 4.92. The molecular formula is C10H15N3O4. The Kier molecular flexibility index (Phi) is 4.22. The van der Waals surface area contributed by atoms with Crippen LogP contribution in [0.2, 0.25) is 0 Å². The van der Waals surface area contributed by atoms with Crippen LogP contribution in [0.1, 0.15) is 16.2 Å². The summed E-state index contributed by atoms with van der Waals surface area (Å²) in [6.45, 7) is 1.60. The zero-order valence-electron chi connectivity index (χ0n) is 10.2. The van der Waals surface area contributed by atoms with Crippen molar-refractivity contribution in [3.8, 4) is 0 Å². The van der Waals surface area contributed by atoms with Gasteiger partial charge in [0.2, 0.25) is 5.91 Å². The summed E-state index contributed by atoms with van der Waals surface area (Å²) < 4.78 is 10.7. The number of hydrogen-bond donors (Lipinski definition) is 1. The number of rotatable bonds is 4. The quantitative estimate of drug-likeness (QED) is 0.756. The Bertz CT molecular complexity index is 439. The first kappa shape index (κ1) is 13.2. The second kappa shape index (κ2) is 5.44. The Balaban J connectivity index is 3.05. The van der Waals surface area contributed by atoms with Crippen LogP contribution in [-0.2, 0) is 21.3 Å². The highest BCUT2D eigenvalue weighted by molar-refractivity contribution is 6.01. The summed E-state index contributed by atoms with van der Waals surface area (Å²) in [7, 11) is 4.29. The molecule has 1 N–H and O–H groups in total. The largest absolute Gasteiger partial charge is 0.464 e. The van der Waals surface area contributed by atoms with Gasteiger partial charge in [-0.3, -0.25) is 9.48 Å². The van der Waals surface area contributed by atoms with Crippen molar-refractivity contribution in [2.75, 3.05) is 26.1 Å². The number of methoxy groups -OCH3 is 2. The predicted molar refractivity (Wildman–Crippen MR) is 59.8 cm³/mol. The summed E-state index contributed by atoms with van der Waals surface area (Å²) in [4.78, 5) is 23.0. The molecule has 1 amide bonds. The minimum atomic E-state index is -0.555. The number of nitrogens with zero attached hydrogens (tertiary/aromatic N) is 2. The molecule has 0 fully saturated rings. The van der Waals surface area contributed by atoms with Crippen LogP contribution in [0.3, 0.4) is 0 Å². The molecule has 0 atom stereocenters. The minimum absolute atomic E-state index is 0.0883. The summed E-state index contributed by atoms with van der Waals surface area (Å²) in [6, 6.07) is 0. The molecule has 0 aliphatic rings. The van der Waals surface area contributed by atoms with Crippen molar-refractivity contribution in [2.24, 2.45) is 7.05 Å². The molecule has 0 bridgehead atoms. The second-order valence-corrected chi connectivity index (χ2v) is 3.41. The van der Waals surface area contributed by atoms with Crippen LogP contribution in [0.25, 0.3) is 0 Å². The Hall–Kier alpha value is -1.89. The van der Waals surface area contributed by atoms with Crippen LogP contribution in [0.5, 0.6) is 0 Å². The average Bonchev–Trinajstić information content (AvgIpc) is 2.53. The van der Waals surface area contributed by atoms with Gasteiger partial charge in [0.25, 0.3) is 0 Å². The highest BCUT2D eigenvalue weighted by atomic mass is 16.5. The van der Waals surface area contributed by atoms with Gasteiger partial charge >= 0.3 is 5.97 Å². The van der Waals surface area contributed by atoms with Crippen molar-refractivity contribution < 1.29 is 19.1 Å². The summed E-state index contributed by atoms with van der Waals surface area (Å²) in [5, 5.41) is 6.62. The molecule has 0 unspecified atom stereocenters. The van der Waals surface area contributed by atoms with E-state index >= 15 is 0 Å². The number of ether oxygens (including phenoxy) is 2. The molecule has 7 heteroatoms. The van der Waals surface area contributed by atoms with Crippen LogP contribution < -0.4 is 5.32 Å². The van der Waals surface area contributed by atoms with Gasteiger partial charge in [0.15, 0.2) is 5.69 Å². The summed E-state index contributed by atoms with van der Waals surface area (Å²) in [6.07, 6.45) is 0. The van der Waals surface area contributed by atoms with Crippen LogP contribution in [0.4, 0.5) is 5.69 Å². The van der Waals surface area contributed by atoms with Crippen LogP contribution >= 0.6 is 0 Å². The lowest BCUT2D eigenvalue weighted by molar-refractivity contribution is -0.119. The average molecular weight is 241 g/mol. The number of carbonyl (C=O) groups is 2. The lowest BCUT2D eigenvalue weighted by atomic mass is 10.3. The fourth-order valence-corrected chi connectivity index (χ4v) is 1.45. The lowest BCUT2D eigenvalue weighted by Gasteiger charge is -2.06. The number of aryl methyl sites for hydroxylation is 2. The van der Waals surface area contributed by atoms with E-state index in [4.69, 9.17) is 4.74 Å². The standard InChI is InChI=1S/C10H15N3O4/c1-6-8(11-7(14)5-16-3)9(10(15)17-4)13(2)12-6/h5H2,1-4H3,(H,11,14). The van der Waals surface area contributed by atoms with Crippen molar-refractivity contribution in [1.29, 1.82) is 0 Å². The summed E-state index contributed by atoms with van der Waals surface area (Å²) in [5.74, 6) is -0.908. The van der Waals surface area contributed by atoms with E-state index in [1.165, 1.54) is 18.9 Å². The number of amides is 1. The summed E-state index contributed by atoms with van der Waals surface area (Å²) in [5.41, 5.74) is 1.09. The SMILES string of the molecule is COCC(=O)Nc1c(C)nn(C)c1C(=O)OC. The second-order valence-electron chi connectivity index (χ2n) is 3.41. The molecule has 0 saturated heterocycles. The number of esters is 1. The molecule has 1 aromatic heterocycles. The summed E-state index contributed by atoms with van der Waals surface area (Å²) >= 11 is 0. The monoisotopic (exact) mass is 241 g/mol. The normalized spacial score (nSPS) is 10.1. The van der Waals surface area contributed by atoms with Gasteiger partial charge in [-0.2, -0.15) is 5.10 Å². The van der Waals surface area contributed by atoms with Gasteiger partial charge in [0, 0.05) is 14.2 Å². The Morgan fingerprint density at radius 2 is 2.06 bits per heavy atom. The maximum Gasteiger partial charge on any atom is 0.358 e. The molecule has 0 spiro atoms. The van der Waals surface area contributed by atoms with Gasteiger partial charge in [-0.1, -0.05) is 0 Å². The van der Waals surface area contributed by atoms with Crippen molar-refractivity contribution in [3.05, 3.63) is 11.4 Å². The molecule has 1 aromatic rings.